The molecule has 0 saturated carbocycles. The quantitative estimate of drug-likeness (QED) is 0.250. The summed E-state index contributed by atoms with van der Waals surface area (Å²) >= 11 is 0. The lowest BCUT2D eigenvalue weighted by atomic mass is 10.1. The minimum atomic E-state index is -1.27. The molecule has 0 aliphatic rings. The highest BCUT2D eigenvalue weighted by Gasteiger charge is 2.23. The normalized spacial score (nSPS) is 10.6. The van der Waals surface area contributed by atoms with E-state index in [1.54, 1.807) is 31.5 Å². The topological polar surface area (TPSA) is 94.3 Å². The van der Waals surface area contributed by atoms with Crippen molar-refractivity contribution in [3.63, 3.8) is 0 Å². The van der Waals surface area contributed by atoms with Crippen LogP contribution in [0, 0.1) is 24.4 Å². The number of nitrogen functional groups attached to an aromatic ring is 1. The lowest BCUT2D eigenvalue weighted by Crippen LogP contribution is -2.07. The largest absolute Gasteiger partial charge is 0.383 e. The van der Waals surface area contributed by atoms with Gasteiger partial charge >= 0.3 is 0 Å². The average molecular weight is 542 g/mol. The zero-order chi connectivity index (χ0) is 29.7. The van der Waals surface area contributed by atoms with Crippen LogP contribution in [-0.2, 0) is 12.8 Å². The predicted molar refractivity (Wildman–Crippen MR) is 156 cm³/mol. The predicted octanol–water partition coefficient (Wildman–Crippen LogP) is 7.33. The number of hydrogen-bond donors (Lipinski definition) is 1. The van der Waals surface area contributed by atoms with Crippen molar-refractivity contribution in [1.29, 1.82) is 0 Å². The number of nitrogens with two attached hydrogens (primary N) is 1. The van der Waals surface area contributed by atoms with Gasteiger partial charge in [0.2, 0.25) is 0 Å². The Morgan fingerprint density at radius 1 is 1.10 bits per heavy atom. The van der Waals surface area contributed by atoms with Gasteiger partial charge in [-0.2, -0.15) is 5.10 Å². The maximum Gasteiger partial charge on any atom is 0.182 e. The van der Waals surface area contributed by atoms with E-state index in [0.717, 1.165) is 17.3 Å². The summed E-state index contributed by atoms with van der Waals surface area (Å²) in [7, 11) is 0. The Kier molecular flexibility index (Phi) is 13.5. The molecule has 39 heavy (non-hydrogen) atoms. The summed E-state index contributed by atoms with van der Waals surface area (Å²) in [5, 5.41) is 3.92. The molecule has 2 heterocycles. The van der Waals surface area contributed by atoms with Gasteiger partial charge in [0, 0.05) is 42.4 Å². The van der Waals surface area contributed by atoms with Gasteiger partial charge in [0.25, 0.3) is 0 Å². The van der Waals surface area contributed by atoms with Crippen molar-refractivity contribution in [2.75, 3.05) is 5.73 Å². The van der Waals surface area contributed by atoms with E-state index in [0.29, 0.717) is 23.6 Å². The Morgan fingerprint density at radius 2 is 1.77 bits per heavy atom. The van der Waals surface area contributed by atoms with E-state index in [1.807, 2.05) is 47.6 Å². The fourth-order valence-corrected chi connectivity index (χ4v) is 3.36. The second-order valence-corrected chi connectivity index (χ2v) is 8.19. The number of aryl methyl sites for hydroxylation is 2. The Morgan fingerprint density at radius 3 is 2.26 bits per heavy atom. The molecule has 0 aliphatic carbocycles. The van der Waals surface area contributed by atoms with Crippen LogP contribution in [0.2, 0.25) is 0 Å². The monoisotopic (exact) mass is 541 g/mol. The van der Waals surface area contributed by atoms with E-state index < -0.39 is 23.0 Å². The molecule has 0 unspecified atom stereocenters. The number of aliphatic imine (C=N–C) groups is 1. The molecule has 0 saturated heterocycles. The molecule has 0 atom stereocenters. The summed E-state index contributed by atoms with van der Waals surface area (Å²) in [6.45, 7) is 18.5. The van der Waals surface area contributed by atoms with Crippen molar-refractivity contribution in [2.45, 2.75) is 68.2 Å². The van der Waals surface area contributed by atoms with E-state index in [-0.39, 0.29) is 23.6 Å². The standard InChI is InChI=1S/C21H21F3N6.C6H11N.C2H6/c1-5-7-15-19(21-27-10-12(6-2)20(25)29-21)28-16(30(15)26-4)9-13-17(23)11(3)8-14(22)18(13)24;1-4-5-7-6(2)3;1-2/h5,7-8,10H,4,6,9H2,1-3H3,(H2,25,27,29);4-5H,1-3H3;1-2H3/b7-5-;5-4-;. The van der Waals surface area contributed by atoms with Gasteiger partial charge in [-0.15, -0.1) is 0 Å². The minimum absolute atomic E-state index is 0.00580. The average Bonchev–Trinajstić information content (AvgIpc) is 3.27. The van der Waals surface area contributed by atoms with Crippen molar-refractivity contribution >= 4 is 24.3 Å². The van der Waals surface area contributed by atoms with Gasteiger partial charge in [-0.1, -0.05) is 32.9 Å². The van der Waals surface area contributed by atoms with Crippen molar-refractivity contribution in [3.05, 3.63) is 76.3 Å². The summed E-state index contributed by atoms with van der Waals surface area (Å²) in [5.41, 5.74) is 8.20. The molecule has 7 nitrogen and oxygen atoms in total. The maximum absolute atomic E-state index is 14.5. The fraction of sp³-hybridized carbons (Fsp3) is 0.345. The van der Waals surface area contributed by atoms with Gasteiger partial charge in [0.15, 0.2) is 17.5 Å². The van der Waals surface area contributed by atoms with Crippen molar-refractivity contribution < 1.29 is 13.2 Å². The number of anilines is 1. The third kappa shape index (κ3) is 8.46. The van der Waals surface area contributed by atoms with Crippen LogP contribution < -0.4 is 5.73 Å². The summed E-state index contributed by atoms with van der Waals surface area (Å²) in [6.07, 6.45) is 9.05. The maximum atomic E-state index is 14.5. The highest BCUT2D eigenvalue weighted by atomic mass is 19.2. The van der Waals surface area contributed by atoms with Crippen LogP contribution in [0.4, 0.5) is 19.0 Å². The summed E-state index contributed by atoms with van der Waals surface area (Å²) in [6, 6.07) is 0.814. The van der Waals surface area contributed by atoms with E-state index in [9.17, 15) is 13.2 Å². The second-order valence-electron chi connectivity index (χ2n) is 8.19. The molecule has 1 aromatic carbocycles. The minimum Gasteiger partial charge on any atom is -0.383 e. The molecule has 0 bridgehead atoms. The first-order valence-electron chi connectivity index (χ1n) is 12.7. The number of imidazole rings is 1. The molecular formula is C29H38F3N7. The second kappa shape index (κ2) is 16.0. The van der Waals surface area contributed by atoms with Gasteiger partial charge in [0.05, 0.1) is 5.69 Å². The first kappa shape index (κ1) is 32.9. The van der Waals surface area contributed by atoms with Gasteiger partial charge in [0.1, 0.15) is 23.2 Å². The Hall–Kier alpha value is -4.08. The van der Waals surface area contributed by atoms with E-state index in [1.165, 1.54) is 11.6 Å². The molecule has 0 spiro atoms. The molecular weight excluding hydrogens is 503 g/mol. The van der Waals surface area contributed by atoms with Gasteiger partial charge < -0.3 is 5.73 Å². The number of rotatable bonds is 7. The zero-order valence-electron chi connectivity index (χ0n) is 24.0. The van der Waals surface area contributed by atoms with Crippen molar-refractivity contribution in [1.82, 2.24) is 19.6 Å². The first-order valence-corrected chi connectivity index (χ1v) is 12.7. The third-order valence-corrected chi connectivity index (χ3v) is 5.16. The van der Waals surface area contributed by atoms with E-state index in [4.69, 9.17) is 5.73 Å². The molecule has 210 valence electrons. The first-order chi connectivity index (χ1) is 18.6. The molecule has 0 radical (unpaired) electrons. The molecule has 2 aromatic heterocycles. The third-order valence-electron chi connectivity index (χ3n) is 5.16. The van der Waals surface area contributed by atoms with Crippen LogP contribution in [0.25, 0.3) is 17.6 Å². The lowest BCUT2D eigenvalue weighted by Gasteiger charge is -2.09. The fourth-order valence-electron chi connectivity index (χ4n) is 3.36. The lowest BCUT2D eigenvalue weighted by molar-refractivity contribution is 0.477. The van der Waals surface area contributed by atoms with Crippen molar-refractivity contribution in [2.24, 2.45) is 10.1 Å². The number of allylic oxidation sites excluding steroid dienone is 2. The van der Waals surface area contributed by atoms with Crippen LogP contribution in [0.15, 0.2) is 40.7 Å². The molecule has 0 fully saturated rings. The summed E-state index contributed by atoms with van der Waals surface area (Å²) in [5.74, 6) is -2.54. The molecule has 3 aromatic rings. The van der Waals surface area contributed by atoms with Gasteiger partial charge in [-0.25, -0.2) is 32.8 Å². The SMILES string of the molecule is C/C=C\N=C(C)C.C=Nn1c(Cc2c(F)c(C)cc(F)c2F)nc(-c2ncc(CC)c(N)n2)c1/C=C\C.CC. The summed E-state index contributed by atoms with van der Waals surface area (Å²) in [4.78, 5) is 17.0. The molecule has 0 aliphatic heterocycles. The van der Waals surface area contributed by atoms with Crippen LogP contribution in [0.3, 0.4) is 0 Å². The Labute approximate surface area is 229 Å². The van der Waals surface area contributed by atoms with Crippen LogP contribution in [0.1, 0.15) is 76.7 Å². The zero-order valence-corrected chi connectivity index (χ0v) is 24.0. The van der Waals surface area contributed by atoms with Crippen LogP contribution in [0.5, 0.6) is 0 Å². The molecule has 3 rings (SSSR count). The van der Waals surface area contributed by atoms with E-state index in [2.05, 4.69) is 31.8 Å². The molecule has 10 heteroatoms. The molecule has 0 amide bonds. The number of aromatic nitrogens is 4. The molecule has 2 N–H and O–H groups in total. The smallest absolute Gasteiger partial charge is 0.182 e. The number of hydrogen-bond acceptors (Lipinski definition) is 6. The number of benzene rings is 1. The van der Waals surface area contributed by atoms with Crippen LogP contribution >= 0.6 is 0 Å². The number of nitrogens with zero attached hydrogens (tertiary/aromatic N) is 6. The highest BCUT2D eigenvalue weighted by molar-refractivity contribution is 5.79. The van der Waals surface area contributed by atoms with Gasteiger partial charge in [-0.05, 0) is 58.7 Å². The van der Waals surface area contributed by atoms with Crippen LogP contribution in [-0.4, -0.2) is 32.1 Å². The number of halogens is 3. The summed E-state index contributed by atoms with van der Waals surface area (Å²) < 4.78 is 44.0. The Bertz CT molecular complexity index is 1330. The Balaban J connectivity index is 0.000000735. The highest BCUT2D eigenvalue weighted by Crippen LogP contribution is 2.28. The van der Waals surface area contributed by atoms with Crippen molar-refractivity contribution in [3.8, 4) is 11.5 Å². The van der Waals surface area contributed by atoms with Gasteiger partial charge in [-0.3, -0.25) is 4.99 Å². The van der Waals surface area contributed by atoms with E-state index >= 15 is 0 Å².